The van der Waals surface area contributed by atoms with Crippen molar-refractivity contribution in [1.82, 2.24) is 10.6 Å². The molecule has 2 rings (SSSR count). The molecule has 0 aromatic carbocycles. The summed E-state index contributed by atoms with van der Waals surface area (Å²) in [5.74, 6) is -0.400. The molecule has 1 saturated carbocycles. The summed E-state index contributed by atoms with van der Waals surface area (Å²) in [5.41, 5.74) is -0.231. The van der Waals surface area contributed by atoms with Gasteiger partial charge in [0.2, 0.25) is 0 Å². The quantitative estimate of drug-likeness (QED) is 0.668. The molecule has 1 aliphatic heterocycles. The first-order valence-electron chi connectivity index (χ1n) is 7.90. The summed E-state index contributed by atoms with van der Waals surface area (Å²) in [5, 5.41) is 14.7. The highest BCUT2D eigenvalue weighted by atomic mass is 16.5. The number of urea groups is 1. The topological polar surface area (TPSA) is 87.7 Å². The zero-order valence-electron chi connectivity index (χ0n) is 12.7. The summed E-state index contributed by atoms with van der Waals surface area (Å²) in [4.78, 5) is 22.7. The Kier molecular flexibility index (Phi) is 5.45. The van der Waals surface area contributed by atoms with Gasteiger partial charge in [-0.2, -0.15) is 0 Å². The van der Waals surface area contributed by atoms with E-state index in [0.717, 1.165) is 38.7 Å². The second-order valence-corrected chi connectivity index (χ2v) is 6.35. The van der Waals surface area contributed by atoms with E-state index in [1.807, 2.05) is 0 Å². The zero-order valence-corrected chi connectivity index (χ0v) is 12.7. The Labute approximate surface area is 125 Å². The first-order valence-corrected chi connectivity index (χ1v) is 7.90. The third-order valence-corrected chi connectivity index (χ3v) is 4.84. The van der Waals surface area contributed by atoms with Crippen molar-refractivity contribution in [2.24, 2.45) is 11.3 Å². The highest BCUT2D eigenvalue weighted by molar-refractivity contribution is 5.74. The highest BCUT2D eigenvalue weighted by Crippen LogP contribution is 2.43. The summed E-state index contributed by atoms with van der Waals surface area (Å²) in [7, 11) is 0. The van der Waals surface area contributed by atoms with Crippen molar-refractivity contribution in [2.75, 3.05) is 19.7 Å². The van der Waals surface area contributed by atoms with Crippen molar-refractivity contribution in [2.45, 2.75) is 51.6 Å². The Balaban J connectivity index is 1.68. The van der Waals surface area contributed by atoms with E-state index in [4.69, 9.17) is 9.84 Å². The van der Waals surface area contributed by atoms with Crippen molar-refractivity contribution in [3.05, 3.63) is 0 Å². The lowest BCUT2D eigenvalue weighted by atomic mass is 9.66. The van der Waals surface area contributed by atoms with Crippen LogP contribution in [0.1, 0.15) is 45.4 Å². The van der Waals surface area contributed by atoms with Gasteiger partial charge in [-0.15, -0.1) is 0 Å². The van der Waals surface area contributed by atoms with Crippen molar-refractivity contribution >= 4 is 12.0 Å². The van der Waals surface area contributed by atoms with Gasteiger partial charge in [-0.25, -0.2) is 4.79 Å². The molecule has 3 N–H and O–H groups in total. The fraction of sp³-hybridized carbons (Fsp3) is 0.867. The number of amides is 2. The van der Waals surface area contributed by atoms with E-state index in [2.05, 4.69) is 17.6 Å². The molecule has 120 valence electrons. The summed E-state index contributed by atoms with van der Waals surface area (Å²) >= 11 is 0. The molecule has 1 saturated heterocycles. The maximum atomic E-state index is 11.9. The number of rotatable bonds is 7. The van der Waals surface area contributed by atoms with Gasteiger partial charge in [0.25, 0.3) is 0 Å². The van der Waals surface area contributed by atoms with Gasteiger partial charge >= 0.3 is 12.0 Å². The number of hydrogen-bond donors (Lipinski definition) is 3. The Hall–Kier alpha value is -1.30. The Morgan fingerprint density at radius 3 is 2.67 bits per heavy atom. The summed E-state index contributed by atoms with van der Waals surface area (Å²) in [6.45, 7) is 3.93. The van der Waals surface area contributed by atoms with Gasteiger partial charge in [0.1, 0.15) is 0 Å². The van der Waals surface area contributed by atoms with Crippen molar-refractivity contribution in [3.8, 4) is 0 Å². The summed E-state index contributed by atoms with van der Waals surface area (Å²) in [6.07, 6.45) is 5.16. The van der Waals surface area contributed by atoms with Crippen LogP contribution >= 0.6 is 0 Å². The van der Waals surface area contributed by atoms with Crippen LogP contribution in [0.2, 0.25) is 0 Å². The third kappa shape index (κ3) is 4.33. The SMILES string of the molecule is CCC1OCCC1CNC(=O)NCC1(CC(=O)O)CCC1. The normalized spacial score (nSPS) is 26.9. The standard InChI is InChI=1S/C15H26N2O4/c1-2-12-11(4-7-21-12)9-16-14(20)17-10-15(5-3-6-15)8-13(18)19/h11-12H,2-10H2,1H3,(H,18,19)(H2,16,17,20). The molecule has 6 nitrogen and oxygen atoms in total. The first kappa shape index (κ1) is 16.1. The molecule has 1 aliphatic carbocycles. The van der Waals surface area contributed by atoms with Crippen molar-refractivity contribution in [3.63, 3.8) is 0 Å². The molecule has 1 heterocycles. The summed E-state index contributed by atoms with van der Waals surface area (Å²) in [6, 6.07) is -0.201. The number of ether oxygens (including phenoxy) is 1. The van der Waals surface area contributed by atoms with E-state index in [0.29, 0.717) is 19.0 Å². The monoisotopic (exact) mass is 298 g/mol. The number of carbonyl (C=O) groups is 2. The van der Waals surface area contributed by atoms with Crippen LogP contribution in [-0.4, -0.2) is 42.9 Å². The number of carboxylic acids is 1. The first-order chi connectivity index (χ1) is 10.0. The van der Waals surface area contributed by atoms with E-state index >= 15 is 0 Å². The van der Waals surface area contributed by atoms with E-state index in [1.54, 1.807) is 0 Å². The van der Waals surface area contributed by atoms with Crippen LogP contribution in [0.5, 0.6) is 0 Å². The maximum Gasteiger partial charge on any atom is 0.314 e. The Morgan fingerprint density at radius 2 is 2.10 bits per heavy atom. The fourth-order valence-corrected chi connectivity index (χ4v) is 3.35. The molecule has 21 heavy (non-hydrogen) atoms. The van der Waals surface area contributed by atoms with Crippen LogP contribution in [0, 0.1) is 11.3 Å². The number of carbonyl (C=O) groups excluding carboxylic acids is 1. The van der Waals surface area contributed by atoms with Crippen LogP contribution in [0.4, 0.5) is 4.79 Å². The zero-order chi connectivity index (χ0) is 15.3. The molecule has 2 aliphatic rings. The maximum absolute atomic E-state index is 11.9. The minimum atomic E-state index is -0.786. The lowest BCUT2D eigenvalue weighted by molar-refractivity contribution is -0.141. The minimum Gasteiger partial charge on any atom is -0.481 e. The van der Waals surface area contributed by atoms with E-state index in [-0.39, 0.29) is 24.0 Å². The number of aliphatic carboxylic acids is 1. The molecule has 6 heteroatoms. The molecule has 2 fully saturated rings. The highest BCUT2D eigenvalue weighted by Gasteiger charge is 2.39. The predicted molar refractivity (Wildman–Crippen MR) is 78.1 cm³/mol. The van der Waals surface area contributed by atoms with Gasteiger partial charge in [-0.3, -0.25) is 4.79 Å². The average Bonchev–Trinajstić information content (AvgIpc) is 2.86. The molecule has 0 spiro atoms. The molecule has 0 aromatic heterocycles. The summed E-state index contributed by atoms with van der Waals surface area (Å²) < 4.78 is 5.59. The van der Waals surface area contributed by atoms with Gasteiger partial charge < -0.3 is 20.5 Å². The number of hydrogen-bond acceptors (Lipinski definition) is 3. The van der Waals surface area contributed by atoms with Gasteiger partial charge in [-0.1, -0.05) is 13.3 Å². The van der Waals surface area contributed by atoms with Crippen LogP contribution < -0.4 is 10.6 Å². The Morgan fingerprint density at radius 1 is 1.33 bits per heavy atom. The molecule has 2 amide bonds. The smallest absolute Gasteiger partial charge is 0.314 e. The molecule has 0 radical (unpaired) electrons. The molecule has 2 unspecified atom stereocenters. The number of nitrogens with one attached hydrogen (secondary N) is 2. The second-order valence-electron chi connectivity index (χ2n) is 6.35. The Bertz CT molecular complexity index is 382. The lowest BCUT2D eigenvalue weighted by Gasteiger charge is -2.40. The third-order valence-electron chi connectivity index (χ3n) is 4.84. The lowest BCUT2D eigenvalue weighted by Crippen LogP contribution is -2.47. The molecule has 0 aromatic rings. The number of carboxylic acid groups (broad SMARTS) is 1. The molecule has 2 atom stereocenters. The average molecular weight is 298 g/mol. The molecular formula is C15H26N2O4. The fourth-order valence-electron chi connectivity index (χ4n) is 3.35. The van der Waals surface area contributed by atoms with Crippen molar-refractivity contribution in [1.29, 1.82) is 0 Å². The van der Waals surface area contributed by atoms with Crippen LogP contribution in [0.3, 0.4) is 0 Å². The molecular weight excluding hydrogens is 272 g/mol. The minimum absolute atomic E-state index is 0.141. The van der Waals surface area contributed by atoms with Crippen molar-refractivity contribution < 1.29 is 19.4 Å². The largest absolute Gasteiger partial charge is 0.481 e. The van der Waals surface area contributed by atoms with E-state index < -0.39 is 5.97 Å². The van der Waals surface area contributed by atoms with Gasteiger partial charge in [-0.05, 0) is 31.1 Å². The predicted octanol–water partition coefficient (Wildman–Crippen LogP) is 1.75. The van der Waals surface area contributed by atoms with Gasteiger partial charge in [0, 0.05) is 25.6 Å². The molecule has 0 bridgehead atoms. The van der Waals surface area contributed by atoms with E-state index in [9.17, 15) is 9.59 Å². The van der Waals surface area contributed by atoms with Crippen LogP contribution in [-0.2, 0) is 9.53 Å². The second kappa shape index (κ2) is 7.11. The van der Waals surface area contributed by atoms with Crippen LogP contribution in [0.25, 0.3) is 0 Å². The van der Waals surface area contributed by atoms with Gasteiger partial charge in [0.05, 0.1) is 12.5 Å². The van der Waals surface area contributed by atoms with Crippen LogP contribution in [0.15, 0.2) is 0 Å². The van der Waals surface area contributed by atoms with E-state index in [1.165, 1.54) is 0 Å². The van der Waals surface area contributed by atoms with Gasteiger partial charge in [0.15, 0.2) is 0 Å².